The number of hydrogen-bond acceptors (Lipinski definition) is 4. The normalized spacial score (nSPS) is 11.3. The fourth-order valence-electron chi connectivity index (χ4n) is 1.55. The van der Waals surface area contributed by atoms with E-state index in [4.69, 9.17) is 5.11 Å². The molecular weight excluding hydrogens is 256 g/mol. The van der Waals surface area contributed by atoms with Crippen LogP contribution in [0.1, 0.15) is 0 Å². The largest absolute Gasteiger partial charge is 0.480 e. The van der Waals surface area contributed by atoms with E-state index in [9.17, 15) is 13.2 Å². The number of pyridine rings is 1. The van der Waals surface area contributed by atoms with Gasteiger partial charge >= 0.3 is 5.97 Å². The van der Waals surface area contributed by atoms with Crippen LogP contribution in [0.15, 0.2) is 36.5 Å². The third-order valence-electron chi connectivity index (χ3n) is 2.21. The van der Waals surface area contributed by atoms with E-state index in [1.54, 1.807) is 24.3 Å². The van der Waals surface area contributed by atoms with E-state index in [0.29, 0.717) is 5.52 Å². The average Bonchev–Trinajstić information content (AvgIpc) is 2.27. The molecule has 1 heterocycles. The Morgan fingerprint density at radius 3 is 2.72 bits per heavy atom. The third kappa shape index (κ3) is 2.75. The molecule has 0 aliphatic heterocycles. The number of hydrogen-bond donors (Lipinski definition) is 2. The van der Waals surface area contributed by atoms with Crippen molar-refractivity contribution in [2.24, 2.45) is 0 Å². The number of nitrogens with zero attached hydrogens (tertiary/aromatic N) is 1. The van der Waals surface area contributed by atoms with E-state index in [1.807, 2.05) is 0 Å². The summed E-state index contributed by atoms with van der Waals surface area (Å²) in [5.74, 6) is -2.38. The van der Waals surface area contributed by atoms with Crippen molar-refractivity contribution >= 4 is 32.6 Å². The van der Waals surface area contributed by atoms with Crippen molar-refractivity contribution in [1.82, 2.24) is 4.98 Å². The zero-order valence-corrected chi connectivity index (χ0v) is 10.0. The second-order valence-corrected chi connectivity index (χ2v) is 5.36. The van der Waals surface area contributed by atoms with Gasteiger partial charge in [0.25, 0.3) is 0 Å². The molecule has 0 radical (unpaired) electrons. The summed E-state index contributed by atoms with van der Waals surface area (Å²) in [6, 6.07) is 8.52. The molecule has 0 atom stereocenters. The van der Waals surface area contributed by atoms with Crippen LogP contribution in [0.2, 0.25) is 0 Å². The first kappa shape index (κ1) is 12.3. The van der Waals surface area contributed by atoms with Crippen molar-refractivity contribution in [2.75, 3.05) is 10.5 Å². The smallest absolute Gasteiger partial charge is 0.320 e. The number of aromatic nitrogens is 1. The quantitative estimate of drug-likeness (QED) is 0.862. The molecule has 2 aromatic rings. The van der Waals surface area contributed by atoms with E-state index < -0.39 is 21.7 Å². The number of aliphatic carboxylic acids is 1. The average molecular weight is 266 g/mol. The van der Waals surface area contributed by atoms with Crippen LogP contribution in [0, 0.1) is 0 Å². The van der Waals surface area contributed by atoms with Crippen LogP contribution in [0.4, 0.5) is 5.69 Å². The maximum atomic E-state index is 11.5. The summed E-state index contributed by atoms with van der Waals surface area (Å²) in [7, 11) is -3.91. The molecule has 18 heavy (non-hydrogen) atoms. The van der Waals surface area contributed by atoms with Gasteiger partial charge in [-0.15, -0.1) is 0 Å². The zero-order valence-electron chi connectivity index (χ0n) is 9.20. The highest BCUT2D eigenvalue weighted by Crippen LogP contribution is 2.21. The third-order valence-corrected chi connectivity index (χ3v) is 3.37. The lowest BCUT2D eigenvalue weighted by Gasteiger charge is -2.08. The minimum Gasteiger partial charge on any atom is -0.480 e. The van der Waals surface area contributed by atoms with Crippen LogP contribution in [0.5, 0.6) is 0 Å². The van der Waals surface area contributed by atoms with Gasteiger partial charge in [-0.2, -0.15) is 0 Å². The first-order valence-electron chi connectivity index (χ1n) is 5.04. The summed E-state index contributed by atoms with van der Waals surface area (Å²) in [6.45, 7) is 0. The van der Waals surface area contributed by atoms with Crippen LogP contribution < -0.4 is 4.72 Å². The maximum absolute atomic E-state index is 11.5. The summed E-state index contributed by atoms with van der Waals surface area (Å²) >= 11 is 0. The van der Waals surface area contributed by atoms with Gasteiger partial charge in [0.05, 0.1) is 11.2 Å². The molecule has 0 unspecified atom stereocenters. The lowest BCUT2D eigenvalue weighted by atomic mass is 10.2. The summed E-state index contributed by atoms with van der Waals surface area (Å²) < 4.78 is 25.3. The molecular formula is C11H10N2O4S. The Morgan fingerprint density at radius 2 is 2.00 bits per heavy atom. The molecule has 0 aliphatic carbocycles. The Hall–Kier alpha value is -2.15. The molecule has 0 amide bonds. The van der Waals surface area contributed by atoms with Crippen molar-refractivity contribution in [3.05, 3.63) is 36.5 Å². The fourth-order valence-corrected chi connectivity index (χ4v) is 2.45. The van der Waals surface area contributed by atoms with Gasteiger partial charge in [-0.3, -0.25) is 14.5 Å². The minimum absolute atomic E-state index is 0.273. The number of para-hydroxylation sites is 1. The first-order chi connectivity index (χ1) is 8.48. The topological polar surface area (TPSA) is 96.4 Å². The molecule has 2 rings (SSSR count). The van der Waals surface area contributed by atoms with Crippen LogP contribution in [0.3, 0.4) is 0 Å². The summed E-state index contributed by atoms with van der Waals surface area (Å²) in [5, 5.41) is 9.28. The number of benzene rings is 1. The molecule has 0 fully saturated rings. The zero-order chi connectivity index (χ0) is 13.2. The van der Waals surface area contributed by atoms with Crippen LogP contribution in [-0.2, 0) is 14.8 Å². The molecule has 0 saturated heterocycles. The molecule has 0 aliphatic rings. The van der Waals surface area contributed by atoms with Gasteiger partial charge in [-0.25, -0.2) is 8.42 Å². The summed E-state index contributed by atoms with van der Waals surface area (Å²) in [4.78, 5) is 14.5. The molecule has 2 N–H and O–H groups in total. The number of nitrogens with one attached hydrogen (secondary N) is 1. The Bertz CT molecular complexity index is 692. The number of fused-ring (bicyclic) bond motifs is 1. The second kappa shape index (κ2) is 4.61. The van der Waals surface area contributed by atoms with E-state index in [-0.39, 0.29) is 5.69 Å². The number of anilines is 1. The molecule has 94 valence electrons. The van der Waals surface area contributed by atoms with Crippen molar-refractivity contribution in [1.29, 1.82) is 0 Å². The predicted molar refractivity (Wildman–Crippen MR) is 66.8 cm³/mol. The molecule has 1 aromatic heterocycles. The number of carboxylic acid groups (broad SMARTS) is 1. The lowest BCUT2D eigenvalue weighted by Crippen LogP contribution is -2.22. The van der Waals surface area contributed by atoms with Gasteiger partial charge in [0.15, 0.2) is 5.75 Å². The van der Waals surface area contributed by atoms with Gasteiger partial charge in [-0.05, 0) is 12.1 Å². The van der Waals surface area contributed by atoms with E-state index >= 15 is 0 Å². The van der Waals surface area contributed by atoms with Gasteiger partial charge in [0.1, 0.15) is 0 Å². The van der Waals surface area contributed by atoms with Gasteiger partial charge in [0, 0.05) is 11.6 Å². The Balaban J connectivity index is 2.41. The monoisotopic (exact) mass is 266 g/mol. The van der Waals surface area contributed by atoms with E-state index in [2.05, 4.69) is 9.71 Å². The molecule has 7 heteroatoms. The highest BCUT2D eigenvalue weighted by atomic mass is 32.2. The Labute approximate surface area is 103 Å². The van der Waals surface area contributed by atoms with Crippen LogP contribution >= 0.6 is 0 Å². The Morgan fingerprint density at radius 1 is 1.28 bits per heavy atom. The summed E-state index contributed by atoms with van der Waals surface area (Å²) in [5.41, 5.74) is 0.753. The standard InChI is InChI=1S/C11H10N2O4S/c14-10(15)7-18(16,17)13-9-5-1-3-8-4-2-6-12-11(8)9/h1-6,13H,7H2,(H,14,15). The minimum atomic E-state index is -3.91. The van der Waals surface area contributed by atoms with Crippen LogP contribution in [0.25, 0.3) is 10.9 Å². The highest BCUT2D eigenvalue weighted by molar-refractivity contribution is 7.93. The van der Waals surface area contributed by atoms with E-state index in [1.165, 1.54) is 12.3 Å². The highest BCUT2D eigenvalue weighted by Gasteiger charge is 2.16. The van der Waals surface area contributed by atoms with Gasteiger partial charge in [0.2, 0.25) is 10.0 Å². The van der Waals surface area contributed by atoms with Crippen LogP contribution in [-0.4, -0.2) is 30.2 Å². The second-order valence-electron chi connectivity index (χ2n) is 3.64. The Kier molecular flexibility index (Phi) is 3.15. The fraction of sp³-hybridized carbons (Fsp3) is 0.0909. The number of carboxylic acids is 1. The molecule has 0 saturated carbocycles. The molecule has 0 spiro atoms. The SMILES string of the molecule is O=C(O)CS(=O)(=O)Nc1cccc2cccnc12. The number of carbonyl (C=O) groups is 1. The number of rotatable bonds is 4. The van der Waals surface area contributed by atoms with Crippen molar-refractivity contribution in [2.45, 2.75) is 0 Å². The predicted octanol–water partition coefficient (Wildman–Crippen LogP) is 1.06. The maximum Gasteiger partial charge on any atom is 0.320 e. The van der Waals surface area contributed by atoms with Crippen molar-refractivity contribution < 1.29 is 18.3 Å². The first-order valence-corrected chi connectivity index (χ1v) is 6.69. The molecule has 1 aromatic carbocycles. The molecule has 0 bridgehead atoms. The number of sulfonamides is 1. The van der Waals surface area contributed by atoms with E-state index in [0.717, 1.165) is 5.39 Å². The summed E-state index contributed by atoms with van der Waals surface area (Å²) in [6.07, 6.45) is 1.54. The molecule has 6 nitrogen and oxygen atoms in total. The van der Waals surface area contributed by atoms with Gasteiger partial charge in [-0.1, -0.05) is 18.2 Å². The van der Waals surface area contributed by atoms with Gasteiger partial charge < -0.3 is 5.11 Å². The lowest BCUT2D eigenvalue weighted by molar-refractivity contribution is -0.134. The van der Waals surface area contributed by atoms with Crippen molar-refractivity contribution in [3.8, 4) is 0 Å². The van der Waals surface area contributed by atoms with Crippen molar-refractivity contribution in [3.63, 3.8) is 0 Å².